The molecule has 174 valence electrons. The van der Waals surface area contributed by atoms with E-state index in [0.29, 0.717) is 29.2 Å². The third-order valence-corrected chi connectivity index (χ3v) is 5.17. The molecule has 3 aromatic rings. The van der Waals surface area contributed by atoms with Crippen molar-refractivity contribution in [2.75, 3.05) is 17.7 Å². The summed E-state index contributed by atoms with van der Waals surface area (Å²) < 4.78 is 36.7. The van der Waals surface area contributed by atoms with Gasteiger partial charge in [0.15, 0.2) is 5.11 Å². The number of nitrogens with one attached hydrogen (secondary N) is 2. The van der Waals surface area contributed by atoms with E-state index < -0.39 is 12.6 Å². The van der Waals surface area contributed by atoms with E-state index in [0.717, 1.165) is 16.8 Å². The Morgan fingerprint density at radius 1 is 1.15 bits per heavy atom. The highest BCUT2D eigenvalue weighted by atomic mass is 32.1. The molecular weight excluding hydrogens is 450 g/mol. The molecule has 7 nitrogen and oxygen atoms in total. The summed E-state index contributed by atoms with van der Waals surface area (Å²) in [4.78, 5) is 12.1. The minimum Gasteiger partial charge on any atom is -0.465 e. The van der Waals surface area contributed by atoms with Crippen LogP contribution in [0.5, 0.6) is 5.75 Å². The van der Waals surface area contributed by atoms with E-state index in [1.54, 1.807) is 28.9 Å². The molecule has 0 radical (unpaired) electrons. The normalized spacial score (nSPS) is 10.8. The SMILES string of the molecule is COC(=O)c1ccccc1Cn1nc(C)c(NC(=S)Nc2cc(C)ccc2OC(F)F)c1C. The number of carbonyl (C=O) groups excluding carboxylic acids is 1. The lowest BCUT2D eigenvalue weighted by Crippen LogP contribution is -2.21. The van der Waals surface area contributed by atoms with Crippen molar-refractivity contribution in [1.29, 1.82) is 0 Å². The quantitative estimate of drug-likeness (QED) is 0.366. The largest absolute Gasteiger partial charge is 0.465 e. The molecule has 2 aromatic carbocycles. The lowest BCUT2D eigenvalue weighted by atomic mass is 10.1. The number of aryl methyl sites for hydroxylation is 2. The molecule has 1 aromatic heterocycles. The number of hydrogen-bond acceptors (Lipinski definition) is 5. The van der Waals surface area contributed by atoms with E-state index in [1.165, 1.54) is 13.2 Å². The van der Waals surface area contributed by atoms with Gasteiger partial charge < -0.3 is 20.1 Å². The van der Waals surface area contributed by atoms with Gasteiger partial charge in [0.25, 0.3) is 0 Å². The lowest BCUT2D eigenvalue weighted by molar-refractivity contribution is -0.0493. The van der Waals surface area contributed by atoms with Gasteiger partial charge in [-0.15, -0.1) is 0 Å². The zero-order chi connectivity index (χ0) is 24.1. The predicted octanol–water partition coefficient (Wildman–Crippen LogP) is 5.05. The number of ether oxygens (including phenoxy) is 2. The number of carbonyl (C=O) groups is 1. The van der Waals surface area contributed by atoms with Crippen LogP contribution in [-0.4, -0.2) is 34.6 Å². The van der Waals surface area contributed by atoms with E-state index >= 15 is 0 Å². The van der Waals surface area contributed by atoms with Gasteiger partial charge in [0.2, 0.25) is 0 Å². The fourth-order valence-corrected chi connectivity index (χ4v) is 3.58. The molecule has 0 spiro atoms. The maximum atomic E-state index is 12.7. The third kappa shape index (κ3) is 5.83. The molecule has 0 aliphatic rings. The molecule has 33 heavy (non-hydrogen) atoms. The summed E-state index contributed by atoms with van der Waals surface area (Å²) in [5.74, 6) is -0.431. The highest BCUT2D eigenvalue weighted by Crippen LogP contribution is 2.28. The molecule has 0 saturated carbocycles. The second-order valence-electron chi connectivity index (χ2n) is 7.31. The molecule has 3 rings (SSSR count). The summed E-state index contributed by atoms with van der Waals surface area (Å²) in [6.45, 7) is 2.91. The van der Waals surface area contributed by atoms with Crippen LogP contribution in [0.25, 0.3) is 0 Å². The topological polar surface area (TPSA) is 77.4 Å². The van der Waals surface area contributed by atoms with E-state index in [2.05, 4.69) is 20.5 Å². The number of benzene rings is 2. The Kier molecular flexibility index (Phi) is 7.59. The zero-order valence-corrected chi connectivity index (χ0v) is 19.4. The second kappa shape index (κ2) is 10.4. The number of rotatable bonds is 7. The number of anilines is 2. The van der Waals surface area contributed by atoms with Crippen LogP contribution in [0.15, 0.2) is 42.5 Å². The Hall–Kier alpha value is -3.53. The number of halogens is 2. The predicted molar refractivity (Wildman–Crippen MR) is 126 cm³/mol. The van der Waals surface area contributed by atoms with Gasteiger partial charge in [-0.25, -0.2) is 4.79 Å². The minimum absolute atomic E-state index is 0.0108. The summed E-state index contributed by atoms with van der Waals surface area (Å²) in [6.07, 6.45) is 0. The highest BCUT2D eigenvalue weighted by Gasteiger charge is 2.17. The molecule has 2 N–H and O–H groups in total. The zero-order valence-electron chi connectivity index (χ0n) is 18.6. The van der Waals surface area contributed by atoms with Crippen LogP contribution in [0.2, 0.25) is 0 Å². The van der Waals surface area contributed by atoms with Crippen molar-refractivity contribution in [1.82, 2.24) is 9.78 Å². The molecule has 0 bridgehead atoms. The first kappa shape index (κ1) is 24.1. The van der Waals surface area contributed by atoms with Crippen molar-refractivity contribution in [3.63, 3.8) is 0 Å². The van der Waals surface area contributed by atoms with E-state index in [4.69, 9.17) is 17.0 Å². The average molecular weight is 475 g/mol. The molecule has 0 aliphatic heterocycles. The number of thiocarbonyl (C=S) groups is 1. The molecule has 0 unspecified atom stereocenters. The maximum Gasteiger partial charge on any atom is 0.387 e. The number of alkyl halides is 2. The van der Waals surface area contributed by atoms with Crippen molar-refractivity contribution in [3.05, 3.63) is 70.5 Å². The molecule has 10 heteroatoms. The fourth-order valence-electron chi connectivity index (χ4n) is 3.37. The fraction of sp³-hybridized carbons (Fsp3) is 0.261. The van der Waals surface area contributed by atoms with Gasteiger partial charge in [-0.1, -0.05) is 24.3 Å². The highest BCUT2D eigenvalue weighted by molar-refractivity contribution is 7.80. The molecular formula is C23H24F2N4O3S. The first-order valence-electron chi connectivity index (χ1n) is 10.0. The molecule has 0 atom stereocenters. The summed E-state index contributed by atoms with van der Waals surface area (Å²) in [5, 5.41) is 10.7. The van der Waals surface area contributed by atoms with Crippen LogP contribution in [0, 0.1) is 20.8 Å². The summed E-state index contributed by atoms with van der Waals surface area (Å²) in [7, 11) is 1.34. The van der Waals surface area contributed by atoms with Gasteiger partial charge in [-0.2, -0.15) is 13.9 Å². The van der Waals surface area contributed by atoms with Crippen LogP contribution in [0.3, 0.4) is 0 Å². The summed E-state index contributed by atoms with van der Waals surface area (Å²) in [5.41, 5.74) is 4.53. The van der Waals surface area contributed by atoms with Crippen LogP contribution < -0.4 is 15.4 Å². The van der Waals surface area contributed by atoms with Crippen molar-refractivity contribution in [3.8, 4) is 5.75 Å². The Bertz CT molecular complexity index is 1180. The van der Waals surface area contributed by atoms with Gasteiger partial charge in [0, 0.05) is 0 Å². The van der Waals surface area contributed by atoms with Crippen LogP contribution in [0.4, 0.5) is 20.2 Å². The van der Waals surface area contributed by atoms with E-state index in [1.807, 2.05) is 32.9 Å². The molecule has 0 aliphatic carbocycles. The Balaban J connectivity index is 1.80. The smallest absolute Gasteiger partial charge is 0.387 e. The van der Waals surface area contributed by atoms with Crippen LogP contribution >= 0.6 is 12.2 Å². The standard InChI is InChI=1S/C23H24F2N4O3S/c1-13-9-10-19(32-22(24)25)18(11-13)26-23(33)27-20-14(2)28-29(15(20)3)12-16-7-5-6-8-17(16)21(30)31-4/h5-11,22H,12H2,1-4H3,(H2,26,27,33). The molecule has 1 heterocycles. The number of hydrogen-bond donors (Lipinski definition) is 2. The van der Waals surface area contributed by atoms with Crippen molar-refractivity contribution < 1.29 is 23.0 Å². The lowest BCUT2D eigenvalue weighted by Gasteiger charge is -2.15. The van der Waals surface area contributed by atoms with Gasteiger partial charge in [0.05, 0.1) is 42.0 Å². The van der Waals surface area contributed by atoms with Crippen LogP contribution in [-0.2, 0) is 11.3 Å². The summed E-state index contributed by atoms with van der Waals surface area (Å²) >= 11 is 5.40. The Morgan fingerprint density at radius 2 is 1.88 bits per heavy atom. The van der Waals surface area contributed by atoms with Crippen LogP contribution in [0.1, 0.15) is 32.9 Å². The van der Waals surface area contributed by atoms with Gasteiger partial charge in [-0.3, -0.25) is 4.68 Å². The van der Waals surface area contributed by atoms with Gasteiger partial charge >= 0.3 is 12.6 Å². The van der Waals surface area contributed by atoms with E-state index in [9.17, 15) is 13.6 Å². The maximum absolute atomic E-state index is 12.7. The monoisotopic (exact) mass is 474 g/mol. The number of methoxy groups -OCH3 is 1. The molecule has 0 amide bonds. The Morgan fingerprint density at radius 3 is 2.58 bits per heavy atom. The molecule has 0 fully saturated rings. The Labute approximate surface area is 195 Å². The number of nitrogens with zero attached hydrogens (tertiary/aromatic N) is 2. The van der Waals surface area contributed by atoms with Gasteiger partial charge in [-0.05, 0) is 62.3 Å². The average Bonchev–Trinajstić information content (AvgIpc) is 3.02. The third-order valence-electron chi connectivity index (χ3n) is 4.96. The number of esters is 1. The number of aromatic nitrogens is 2. The van der Waals surface area contributed by atoms with E-state index in [-0.39, 0.29) is 10.9 Å². The van der Waals surface area contributed by atoms with Crippen molar-refractivity contribution in [2.45, 2.75) is 33.9 Å². The second-order valence-corrected chi connectivity index (χ2v) is 7.72. The first-order valence-corrected chi connectivity index (χ1v) is 10.4. The van der Waals surface area contributed by atoms with Crippen molar-refractivity contribution in [2.24, 2.45) is 0 Å². The van der Waals surface area contributed by atoms with Crippen molar-refractivity contribution >= 4 is 34.7 Å². The minimum atomic E-state index is -2.95. The summed E-state index contributed by atoms with van der Waals surface area (Å²) in [6, 6.07) is 11.9. The first-order chi connectivity index (χ1) is 15.7. The van der Waals surface area contributed by atoms with Gasteiger partial charge in [0.1, 0.15) is 5.75 Å². The molecule has 0 saturated heterocycles.